The van der Waals surface area contributed by atoms with Crippen LogP contribution in [0, 0.1) is 10.5 Å². The number of hydrogen-bond acceptors (Lipinski definition) is 1. The fourth-order valence-electron chi connectivity index (χ4n) is 1.91. The van der Waals surface area contributed by atoms with Crippen molar-refractivity contribution in [3.8, 4) is 0 Å². The number of halogens is 3. The Labute approximate surface area is 140 Å². The van der Waals surface area contributed by atoms with Crippen LogP contribution in [0.15, 0.2) is 40.9 Å². The van der Waals surface area contributed by atoms with E-state index in [0.29, 0.717) is 11.4 Å². The topological polar surface area (TPSA) is 20.2 Å². The van der Waals surface area contributed by atoms with E-state index in [-0.39, 0.29) is 0 Å². The maximum Gasteiger partial charge on any atom is 0.0842 e. The number of hydrogen-bond donors (Lipinski definition) is 1. The second-order valence-electron chi connectivity index (χ2n) is 4.48. The molecule has 1 N–H and O–H groups in total. The van der Waals surface area contributed by atoms with E-state index in [1.165, 1.54) is 0 Å². The Bertz CT molecular complexity index is 601. The van der Waals surface area contributed by atoms with Gasteiger partial charge in [-0.3, -0.25) is 0 Å². The standard InChI is InChI=1S/C15H13BrClIO/c1-9-2-3-10(14(17)6-9)7-15(19)12-8-11(18)4-5-13(12)16/h2-6,8,15,19H,7H2,1H3. The zero-order valence-corrected chi connectivity index (χ0v) is 14.8. The zero-order valence-electron chi connectivity index (χ0n) is 10.3. The van der Waals surface area contributed by atoms with Crippen molar-refractivity contribution in [2.24, 2.45) is 0 Å². The minimum Gasteiger partial charge on any atom is -0.388 e. The summed E-state index contributed by atoms with van der Waals surface area (Å²) in [5.74, 6) is 0. The highest BCUT2D eigenvalue weighted by molar-refractivity contribution is 14.1. The van der Waals surface area contributed by atoms with Gasteiger partial charge in [-0.1, -0.05) is 39.7 Å². The molecule has 0 spiro atoms. The van der Waals surface area contributed by atoms with Gasteiger partial charge in [-0.15, -0.1) is 0 Å². The average Bonchev–Trinajstić information content (AvgIpc) is 2.35. The summed E-state index contributed by atoms with van der Waals surface area (Å²) in [4.78, 5) is 0. The van der Waals surface area contributed by atoms with Crippen LogP contribution in [0.1, 0.15) is 22.8 Å². The minimum absolute atomic E-state index is 0.512. The lowest BCUT2D eigenvalue weighted by Gasteiger charge is -2.14. The van der Waals surface area contributed by atoms with Crippen LogP contribution in [0.5, 0.6) is 0 Å². The first-order valence-corrected chi connectivity index (χ1v) is 8.10. The van der Waals surface area contributed by atoms with Gasteiger partial charge in [-0.2, -0.15) is 0 Å². The number of benzene rings is 2. The van der Waals surface area contributed by atoms with Gasteiger partial charge >= 0.3 is 0 Å². The van der Waals surface area contributed by atoms with Crippen molar-refractivity contribution in [1.29, 1.82) is 0 Å². The van der Waals surface area contributed by atoms with Crippen molar-refractivity contribution in [3.63, 3.8) is 0 Å². The predicted octanol–water partition coefficient (Wildman–Crippen LogP) is 5.29. The van der Waals surface area contributed by atoms with Gasteiger partial charge in [0.15, 0.2) is 0 Å². The fraction of sp³-hybridized carbons (Fsp3) is 0.200. The van der Waals surface area contributed by atoms with Gasteiger partial charge in [0.25, 0.3) is 0 Å². The molecule has 1 atom stereocenters. The number of rotatable bonds is 3. The molecule has 1 nitrogen and oxygen atoms in total. The molecule has 0 aliphatic heterocycles. The first-order chi connectivity index (χ1) is 8.97. The fourth-order valence-corrected chi connectivity index (χ4v) is 3.24. The number of aliphatic hydroxyl groups is 1. The molecule has 2 aromatic rings. The Morgan fingerprint density at radius 1 is 1.26 bits per heavy atom. The normalized spacial score (nSPS) is 12.5. The summed E-state index contributed by atoms with van der Waals surface area (Å²) in [6, 6.07) is 11.8. The summed E-state index contributed by atoms with van der Waals surface area (Å²) < 4.78 is 2.02. The molecule has 0 heterocycles. The molecule has 0 bridgehead atoms. The molecule has 1 unspecified atom stereocenters. The minimum atomic E-state index is -0.565. The smallest absolute Gasteiger partial charge is 0.0842 e. The van der Waals surface area contributed by atoms with Crippen LogP contribution in [0.2, 0.25) is 5.02 Å². The van der Waals surface area contributed by atoms with E-state index in [1.54, 1.807) is 0 Å². The molecule has 0 fully saturated rings. The van der Waals surface area contributed by atoms with Crippen molar-refractivity contribution in [2.45, 2.75) is 19.4 Å². The highest BCUT2D eigenvalue weighted by Crippen LogP contribution is 2.29. The quantitative estimate of drug-likeness (QED) is 0.629. The van der Waals surface area contributed by atoms with Gasteiger partial charge < -0.3 is 5.11 Å². The molecular formula is C15H13BrClIO. The van der Waals surface area contributed by atoms with Gasteiger partial charge in [-0.25, -0.2) is 0 Å². The molecule has 0 amide bonds. The van der Waals surface area contributed by atoms with Crippen LogP contribution in [0.4, 0.5) is 0 Å². The Hall–Kier alpha value is -0.100. The first kappa shape index (κ1) is 15.3. The van der Waals surface area contributed by atoms with Crippen molar-refractivity contribution >= 4 is 50.1 Å². The summed E-state index contributed by atoms with van der Waals surface area (Å²) in [6.45, 7) is 2.00. The van der Waals surface area contributed by atoms with Gasteiger partial charge in [-0.05, 0) is 70.5 Å². The van der Waals surface area contributed by atoms with E-state index in [0.717, 1.165) is 24.7 Å². The highest BCUT2D eigenvalue weighted by atomic mass is 127. The predicted molar refractivity (Wildman–Crippen MR) is 91.7 cm³/mol. The summed E-state index contributed by atoms with van der Waals surface area (Å²) in [6.07, 6.45) is -0.0538. The van der Waals surface area contributed by atoms with E-state index in [4.69, 9.17) is 11.6 Å². The summed E-state index contributed by atoms with van der Waals surface area (Å²) in [5, 5.41) is 11.1. The number of aryl methyl sites for hydroxylation is 1. The SMILES string of the molecule is Cc1ccc(CC(O)c2cc(I)ccc2Br)c(Cl)c1. The van der Waals surface area contributed by atoms with Crippen molar-refractivity contribution < 1.29 is 5.11 Å². The second kappa shape index (κ2) is 6.57. The van der Waals surface area contributed by atoms with Gasteiger partial charge in [0.05, 0.1) is 6.10 Å². The van der Waals surface area contributed by atoms with Crippen LogP contribution in [-0.2, 0) is 6.42 Å². The lowest BCUT2D eigenvalue weighted by molar-refractivity contribution is 0.177. The van der Waals surface area contributed by atoms with E-state index in [2.05, 4.69) is 38.5 Å². The monoisotopic (exact) mass is 450 g/mol. The maximum atomic E-state index is 10.4. The van der Waals surface area contributed by atoms with Gasteiger partial charge in [0.1, 0.15) is 0 Å². The molecule has 0 aliphatic carbocycles. The second-order valence-corrected chi connectivity index (χ2v) is 6.99. The van der Waals surface area contributed by atoms with Crippen molar-refractivity contribution in [1.82, 2.24) is 0 Å². The highest BCUT2D eigenvalue weighted by Gasteiger charge is 2.14. The number of aliphatic hydroxyl groups excluding tert-OH is 1. The molecule has 0 aromatic heterocycles. The van der Waals surface area contributed by atoms with E-state index in [9.17, 15) is 5.11 Å². The summed E-state index contributed by atoms with van der Waals surface area (Å²) in [5.41, 5.74) is 2.98. The molecular weight excluding hydrogens is 438 g/mol. The van der Waals surface area contributed by atoms with Crippen LogP contribution >= 0.6 is 50.1 Å². The maximum absolute atomic E-state index is 10.4. The Morgan fingerprint density at radius 3 is 2.68 bits per heavy atom. The largest absolute Gasteiger partial charge is 0.388 e. The van der Waals surface area contributed by atoms with Gasteiger partial charge in [0.2, 0.25) is 0 Å². The summed E-state index contributed by atoms with van der Waals surface area (Å²) >= 11 is 11.9. The third-order valence-electron chi connectivity index (χ3n) is 2.94. The van der Waals surface area contributed by atoms with Crippen molar-refractivity contribution in [2.75, 3.05) is 0 Å². The lowest BCUT2D eigenvalue weighted by atomic mass is 10.0. The molecule has 4 heteroatoms. The van der Waals surface area contributed by atoms with Crippen LogP contribution < -0.4 is 0 Å². The molecule has 19 heavy (non-hydrogen) atoms. The van der Waals surface area contributed by atoms with E-state index < -0.39 is 6.10 Å². The first-order valence-electron chi connectivity index (χ1n) is 5.85. The van der Waals surface area contributed by atoms with Gasteiger partial charge in [0, 0.05) is 19.5 Å². The summed E-state index contributed by atoms with van der Waals surface area (Å²) in [7, 11) is 0. The third kappa shape index (κ3) is 3.94. The molecule has 100 valence electrons. The molecule has 0 radical (unpaired) electrons. The Kier molecular flexibility index (Phi) is 5.29. The average molecular weight is 452 g/mol. The Balaban J connectivity index is 2.25. The van der Waals surface area contributed by atoms with Crippen LogP contribution in [0.25, 0.3) is 0 Å². The lowest BCUT2D eigenvalue weighted by Crippen LogP contribution is -2.04. The van der Waals surface area contributed by atoms with E-state index >= 15 is 0 Å². The zero-order chi connectivity index (χ0) is 14.0. The molecule has 2 rings (SSSR count). The van der Waals surface area contributed by atoms with Crippen LogP contribution in [-0.4, -0.2) is 5.11 Å². The van der Waals surface area contributed by atoms with E-state index in [1.807, 2.05) is 43.3 Å². The molecule has 0 aliphatic rings. The molecule has 0 saturated heterocycles. The molecule has 2 aromatic carbocycles. The Morgan fingerprint density at radius 2 is 2.00 bits per heavy atom. The van der Waals surface area contributed by atoms with Crippen LogP contribution in [0.3, 0.4) is 0 Å². The third-order valence-corrected chi connectivity index (χ3v) is 4.68. The van der Waals surface area contributed by atoms with Crippen molar-refractivity contribution in [3.05, 3.63) is 66.2 Å². The molecule has 0 saturated carbocycles.